The Labute approximate surface area is 149 Å². The average molecular weight is 335 g/mol. The maximum atomic E-state index is 13.1. The second-order valence-electron chi connectivity index (χ2n) is 7.39. The lowest BCUT2D eigenvalue weighted by atomic mass is 9.86. The maximum absolute atomic E-state index is 13.1. The van der Waals surface area contributed by atoms with Crippen molar-refractivity contribution in [1.29, 1.82) is 0 Å². The summed E-state index contributed by atoms with van der Waals surface area (Å²) in [5.41, 5.74) is 3.67. The molecule has 0 bridgehead atoms. The molecule has 1 aliphatic heterocycles. The fourth-order valence-corrected chi connectivity index (χ4v) is 3.06. The third kappa shape index (κ3) is 3.19. The van der Waals surface area contributed by atoms with Gasteiger partial charge in [-0.3, -0.25) is 9.59 Å². The summed E-state index contributed by atoms with van der Waals surface area (Å²) >= 11 is 0. The van der Waals surface area contributed by atoms with Crippen LogP contribution in [0.25, 0.3) is 0 Å². The van der Waals surface area contributed by atoms with Crippen LogP contribution in [0.4, 0.5) is 5.69 Å². The zero-order valence-corrected chi connectivity index (χ0v) is 15.1. The Kier molecular flexibility index (Phi) is 4.42. The topological polar surface area (TPSA) is 46.6 Å². The minimum Gasteiger partial charge on any atom is -0.491 e. The molecule has 0 unspecified atom stereocenters. The third-order valence-corrected chi connectivity index (χ3v) is 4.61. The molecule has 1 heterocycles. The molecule has 128 valence electrons. The van der Waals surface area contributed by atoms with E-state index in [1.54, 1.807) is 4.90 Å². The van der Waals surface area contributed by atoms with Gasteiger partial charge in [0.2, 0.25) is 0 Å². The molecule has 0 N–H and O–H groups in total. The molecule has 0 radical (unpaired) electrons. The zero-order valence-electron chi connectivity index (χ0n) is 15.1. The highest BCUT2D eigenvalue weighted by molar-refractivity contribution is 6.36. The van der Waals surface area contributed by atoms with Crippen LogP contribution >= 0.6 is 0 Å². The molecule has 1 amide bonds. The molecule has 0 atom stereocenters. The van der Waals surface area contributed by atoms with E-state index in [4.69, 9.17) is 4.74 Å². The van der Waals surface area contributed by atoms with E-state index in [0.29, 0.717) is 35.7 Å². The van der Waals surface area contributed by atoms with Gasteiger partial charge >= 0.3 is 0 Å². The van der Waals surface area contributed by atoms with E-state index in [1.807, 2.05) is 44.2 Å². The maximum Gasteiger partial charge on any atom is 0.262 e. The Balaban J connectivity index is 2.06. The molecule has 0 saturated carbocycles. The van der Waals surface area contributed by atoms with Crippen LogP contribution < -0.4 is 15.1 Å². The second-order valence-corrected chi connectivity index (χ2v) is 7.39. The van der Waals surface area contributed by atoms with Crippen molar-refractivity contribution < 1.29 is 14.3 Å². The molecular formula is C20H22BNO3. The number of ether oxygens (including phenoxy) is 1. The first kappa shape index (κ1) is 17.3. The quantitative estimate of drug-likeness (QED) is 0.624. The van der Waals surface area contributed by atoms with E-state index in [-0.39, 0.29) is 11.3 Å². The summed E-state index contributed by atoms with van der Waals surface area (Å²) in [6.07, 6.45) is 0.813. The zero-order chi connectivity index (χ0) is 18.2. The first-order valence-corrected chi connectivity index (χ1v) is 8.47. The number of fused-ring (bicyclic) bond motifs is 1. The molecule has 4 nitrogen and oxygen atoms in total. The van der Waals surface area contributed by atoms with Crippen LogP contribution in [0.15, 0.2) is 36.4 Å². The summed E-state index contributed by atoms with van der Waals surface area (Å²) in [7, 11) is 1.87. The van der Waals surface area contributed by atoms with Gasteiger partial charge < -0.3 is 9.64 Å². The second kappa shape index (κ2) is 6.39. The van der Waals surface area contributed by atoms with Crippen LogP contribution in [0.3, 0.4) is 0 Å². The van der Waals surface area contributed by atoms with E-state index >= 15 is 0 Å². The molecule has 0 aromatic heterocycles. The molecule has 0 spiro atoms. The van der Waals surface area contributed by atoms with Gasteiger partial charge in [-0.15, -0.1) is 0 Å². The van der Waals surface area contributed by atoms with Crippen molar-refractivity contribution >= 4 is 31.2 Å². The van der Waals surface area contributed by atoms with Gasteiger partial charge in [0.15, 0.2) is 6.29 Å². The molecule has 25 heavy (non-hydrogen) atoms. The molecule has 0 aliphatic carbocycles. The Morgan fingerprint density at radius 2 is 1.96 bits per heavy atom. The Morgan fingerprint density at radius 1 is 1.20 bits per heavy atom. The molecule has 1 aliphatic rings. The fourth-order valence-electron chi connectivity index (χ4n) is 3.06. The first-order valence-electron chi connectivity index (χ1n) is 8.47. The number of carbonyl (C=O) groups is 2. The number of anilines is 1. The summed E-state index contributed by atoms with van der Waals surface area (Å²) in [6, 6.07) is 11.3. The summed E-state index contributed by atoms with van der Waals surface area (Å²) < 4.78 is 5.86. The van der Waals surface area contributed by atoms with Crippen molar-refractivity contribution in [3.8, 4) is 5.75 Å². The molecule has 0 fully saturated rings. The number of rotatable bonds is 2. The minimum atomic E-state index is -0.137. The third-order valence-electron chi connectivity index (χ3n) is 4.61. The normalized spacial score (nSPS) is 14.5. The number of nitrogens with zero attached hydrogens (tertiary/aromatic N) is 1. The number of carbonyl (C=O) groups excluding carboxylic acids is 2. The lowest BCUT2D eigenvalue weighted by molar-refractivity contribution is 0.0990. The van der Waals surface area contributed by atoms with Crippen molar-refractivity contribution in [2.24, 2.45) is 0 Å². The van der Waals surface area contributed by atoms with Crippen LogP contribution in [0, 0.1) is 0 Å². The molecule has 2 aromatic carbocycles. The summed E-state index contributed by atoms with van der Waals surface area (Å²) in [5.74, 6) is 0.474. The molecule has 2 aromatic rings. The predicted octanol–water partition coefficient (Wildman–Crippen LogP) is 2.09. The van der Waals surface area contributed by atoms with E-state index in [0.717, 1.165) is 17.3 Å². The number of aldehydes is 1. The van der Waals surface area contributed by atoms with Crippen LogP contribution in [-0.4, -0.2) is 33.2 Å². The standard InChI is InChI=1S/C20H22BNO3/c1-20(2,3)13-7-8-14-18(11-13)25-10-9-22(19(14)24)17-6-4-5-16(21)15(17)12-23/h4-8,11-12H,9-10,21H2,1-3H3. The average Bonchev–Trinajstić information content (AvgIpc) is 2.72. The van der Waals surface area contributed by atoms with Gasteiger partial charge in [-0.1, -0.05) is 44.4 Å². The number of hydrogen-bond donors (Lipinski definition) is 0. The van der Waals surface area contributed by atoms with Crippen molar-refractivity contribution in [3.05, 3.63) is 53.1 Å². The Morgan fingerprint density at radius 3 is 2.64 bits per heavy atom. The van der Waals surface area contributed by atoms with Crippen LogP contribution in [0.2, 0.25) is 0 Å². The van der Waals surface area contributed by atoms with Crippen molar-refractivity contribution in [1.82, 2.24) is 0 Å². The van der Waals surface area contributed by atoms with Gasteiger partial charge in [0.05, 0.1) is 17.8 Å². The largest absolute Gasteiger partial charge is 0.491 e. The molecular weight excluding hydrogens is 313 g/mol. The smallest absolute Gasteiger partial charge is 0.262 e. The predicted molar refractivity (Wildman–Crippen MR) is 102 cm³/mol. The first-order chi connectivity index (χ1) is 11.8. The van der Waals surface area contributed by atoms with E-state index < -0.39 is 0 Å². The Hall–Kier alpha value is -2.56. The summed E-state index contributed by atoms with van der Waals surface area (Å²) in [6.45, 7) is 7.18. The Bertz CT molecular complexity index is 839. The molecule has 5 heteroatoms. The van der Waals surface area contributed by atoms with Gasteiger partial charge in [0, 0.05) is 5.56 Å². The minimum absolute atomic E-state index is 0.0192. The van der Waals surface area contributed by atoms with Gasteiger partial charge in [-0.2, -0.15) is 0 Å². The SMILES string of the molecule is Bc1cccc(N2CCOc3cc(C(C)(C)C)ccc3C2=O)c1C=O. The van der Waals surface area contributed by atoms with Gasteiger partial charge in [0.25, 0.3) is 5.91 Å². The van der Waals surface area contributed by atoms with E-state index in [2.05, 4.69) is 20.8 Å². The summed E-state index contributed by atoms with van der Waals surface area (Å²) in [5, 5.41) is 0. The van der Waals surface area contributed by atoms with Crippen molar-refractivity contribution in [2.75, 3.05) is 18.1 Å². The van der Waals surface area contributed by atoms with Crippen LogP contribution in [-0.2, 0) is 5.41 Å². The number of hydrogen-bond acceptors (Lipinski definition) is 3. The lowest BCUT2D eigenvalue weighted by Crippen LogP contribution is -2.34. The van der Waals surface area contributed by atoms with Gasteiger partial charge in [0.1, 0.15) is 20.2 Å². The highest BCUT2D eigenvalue weighted by Crippen LogP contribution is 2.32. The van der Waals surface area contributed by atoms with Crippen LogP contribution in [0.5, 0.6) is 5.75 Å². The molecule has 3 rings (SSSR count). The highest BCUT2D eigenvalue weighted by atomic mass is 16.5. The monoisotopic (exact) mass is 335 g/mol. The fraction of sp³-hybridized carbons (Fsp3) is 0.300. The molecule has 0 saturated heterocycles. The van der Waals surface area contributed by atoms with Gasteiger partial charge in [-0.25, -0.2) is 0 Å². The van der Waals surface area contributed by atoms with Crippen molar-refractivity contribution in [3.63, 3.8) is 0 Å². The highest BCUT2D eigenvalue weighted by Gasteiger charge is 2.27. The van der Waals surface area contributed by atoms with Gasteiger partial charge in [-0.05, 0) is 29.2 Å². The van der Waals surface area contributed by atoms with E-state index in [9.17, 15) is 9.59 Å². The van der Waals surface area contributed by atoms with Crippen LogP contribution in [0.1, 0.15) is 47.1 Å². The van der Waals surface area contributed by atoms with Crippen molar-refractivity contribution in [2.45, 2.75) is 26.2 Å². The summed E-state index contributed by atoms with van der Waals surface area (Å²) in [4.78, 5) is 26.3. The lowest BCUT2D eigenvalue weighted by Gasteiger charge is -2.23. The van der Waals surface area contributed by atoms with E-state index in [1.165, 1.54) is 0 Å². The number of amides is 1. The number of benzene rings is 2.